The second-order valence-electron chi connectivity index (χ2n) is 5.82. The van der Waals surface area contributed by atoms with Crippen molar-refractivity contribution in [3.05, 3.63) is 29.3 Å². The topological polar surface area (TPSA) is 58.2 Å². The van der Waals surface area contributed by atoms with E-state index in [1.807, 2.05) is 26.0 Å². The van der Waals surface area contributed by atoms with Crippen molar-refractivity contribution in [1.82, 2.24) is 10.0 Å². The van der Waals surface area contributed by atoms with E-state index in [-0.39, 0.29) is 0 Å². The number of sulfonamides is 1. The highest BCUT2D eigenvalue weighted by molar-refractivity contribution is 7.89. The minimum atomic E-state index is -3.40. The molecule has 4 nitrogen and oxygen atoms in total. The van der Waals surface area contributed by atoms with E-state index in [1.165, 1.54) is 12.8 Å². The van der Waals surface area contributed by atoms with Gasteiger partial charge in [0.15, 0.2) is 0 Å². The Kier molecular flexibility index (Phi) is 5.79. The van der Waals surface area contributed by atoms with Crippen LogP contribution in [0.15, 0.2) is 23.1 Å². The quantitative estimate of drug-likeness (QED) is 0.814. The molecule has 0 unspecified atom stereocenters. The lowest BCUT2D eigenvalue weighted by atomic mass is 10.1. The summed E-state index contributed by atoms with van der Waals surface area (Å²) in [7, 11) is -3.40. The van der Waals surface area contributed by atoms with Crippen LogP contribution in [0.4, 0.5) is 0 Å². The van der Waals surface area contributed by atoms with Crippen LogP contribution in [-0.4, -0.2) is 21.5 Å². The fourth-order valence-electron chi connectivity index (χ4n) is 2.92. The Bertz CT molecular complexity index is 564. The summed E-state index contributed by atoms with van der Waals surface area (Å²) in [6.45, 7) is 6.07. The van der Waals surface area contributed by atoms with Crippen LogP contribution < -0.4 is 10.0 Å². The molecule has 1 aromatic carbocycles. The van der Waals surface area contributed by atoms with E-state index >= 15 is 0 Å². The fourth-order valence-corrected chi connectivity index (χ4v) is 4.32. The highest BCUT2D eigenvalue weighted by atomic mass is 32.2. The molecule has 0 saturated heterocycles. The number of hydrogen-bond donors (Lipinski definition) is 2. The lowest BCUT2D eigenvalue weighted by Gasteiger charge is -2.15. The first-order valence-electron chi connectivity index (χ1n) is 7.83. The molecule has 2 N–H and O–H groups in total. The Morgan fingerprint density at radius 2 is 1.95 bits per heavy atom. The summed E-state index contributed by atoms with van der Waals surface area (Å²) < 4.78 is 27.8. The molecule has 0 atom stereocenters. The van der Waals surface area contributed by atoms with Gasteiger partial charge in [0.05, 0.1) is 4.90 Å². The van der Waals surface area contributed by atoms with Crippen molar-refractivity contribution in [3.8, 4) is 0 Å². The number of rotatable bonds is 7. The van der Waals surface area contributed by atoms with E-state index in [4.69, 9.17) is 0 Å². The summed E-state index contributed by atoms with van der Waals surface area (Å²) in [5, 5.41) is 3.25. The third-order valence-corrected chi connectivity index (χ3v) is 5.86. The molecule has 1 aromatic rings. The van der Waals surface area contributed by atoms with Crippen LogP contribution in [0.25, 0.3) is 0 Å². The number of hydrogen-bond acceptors (Lipinski definition) is 3. The monoisotopic (exact) mass is 310 g/mol. The number of benzene rings is 1. The molecule has 21 heavy (non-hydrogen) atoms. The third-order valence-electron chi connectivity index (χ3n) is 4.29. The zero-order chi connectivity index (χ0) is 15.3. The van der Waals surface area contributed by atoms with Crippen molar-refractivity contribution < 1.29 is 8.42 Å². The lowest BCUT2D eigenvalue weighted by molar-refractivity contribution is 0.519. The zero-order valence-electron chi connectivity index (χ0n) is 13.0. The smallest absolute Gasteiger partial charge is 0.240 e. The van der Waals surface area contributed by atoms with Gasteiger partial charge in [0.2, 0.25) is 10.0 Å². The van der Waals surface area contributed by atoms with Gasteiger partial charge in [0.25, 0.3) is 0 Å². The van der Waals surface area contributed by atoms with Crippen LogP contribution in [0.2, 0.25) is 0 Å². The molecule has 118 valence electrons. The van der Waals surface area contributed by atoms with Gasteiger partial charge in [-0.05, 0) is 49.4 Å². The summed E-state index contributed by atoms with van der Waals surface area (Å²) in [6.07, 6.45) is 4.73. The van der Waals surface area contributed by atoms with Crippen molar-refractivity contribution in [2.24, 2.45) is 5.92 Å². The Labute approximate surface area is 128 Å². The van der Waals surface area contributed by atoms with Gasteiger partial charge < -0.3 is 5.32 Å². The highest BCUT2D eigenvalue weighted by Gasteiger charge is 2.21. The Balaban J connectivity index is 2.11. The minimum absolute atomic E-state index is 0.413. The summed E-state index contributed by atoms with van der Waals surface area (Å²) in [4.78, 5) is 0.413. The molecule has 0 aliphatic heterocycles. The molecular formula is C16H26N2O2S. The van der Waals surface area contributed by atoms with Crippen molar-refractivity contribution in [3.63, 3.8) is 0 Å². The third kappa shape index (κ3) is 4.28. The molecular weight excluding hydrogens is 284 g/mol. The van der Waals surface area contributed by atoms with E-state index < -0.39 is 10.0 Å². The molecule has 0 amide bonds. The predicted octanol–water partition coefficient (Wildman–Crippen LogP) is 2.57. The van der Waals surface area contributed by atoms with E-state index in [0.29, 0.717) is 23.9 Å². The summed E-state index contributed by atoms with van der Waals surface area (Å²) >= 11 is 0. The maximum Gasteiger partial charge on any atom is 0.240 e. The van der Waals surface area contributed by atoms with Crippen LogP contribution in [-0.2, 0) is 16.6 Å². The second kappa shape index (κ2) is 7.38. The standard InChI is InChI=1S/C16H26N2O2S/c1-3-17-12-15-9-6-10-16(13(15)2)21(19,20)18-11-14-7-4-5-8-14/h6,9-10,14,17-18H,3-5,7-8,11-12H2,1-2H3. The fraction of sp³-hybridized carbons (Fsp3) is 0.625. The van der Waals surface area contributed by atoms with Crippen LogP contribution in [0, 0.1) is 12.8 Å². The van der Waals surface area contributed by atoms with Crippen LogP contribution in [0.1, 0.15) is 43.7 Å². The molecule has 0 radical (unpaired) electrons. The second-order valence-corrected chi connectivity index (χ2v) is 7.56. The van der Waals surface area contributed by atoms with Gasteiger partial charge in [-0.2, -0.15) is 0 Å². The van der Waals surface area contributed by atoms with Gasteiger partial charge in [0, 0.05) is 13.1 Å². The average Bonchev–Trinajstić information content (AvgIpc) is 2.97. The number of nitrogens with one attached hydrogen (secondary N) is 2. The van der Waals surface area contributed by atoms with E-state index in [1.54, 1.807) is 6.07 Å². The van der Waals surface area contributed by atoms with Crippen LogP contribution in [0.3, 0.4) is 0 Å². The molecule has 1 saturated carbocycles. The molecule has 1 fully saturated rings. The predicted molar refractivity (Wildman–Crippen MR) is 85.7 cm³/mol. The van der Waals surface area contributed by atoms with Crippen LogP contribution in [0.5, 0.6) is 0 Å². The first-order valence-corrected chi connectivity index (χ1v) is 9.31. The highest BCUT2D eigenvalue weighted by Crippen LogP contribution is 2.25. The molecule has 0 spiro atoms. The molecule has 1 aliphatic rings. The maximum absolute atomic E-state index is 12.5. The van der Waals surface area contributed by atoms with Crippen LogP contribution >= 0.6 is 0 Å². The van der Waals surface area contributed by atoms with Crippen molar-refractivity contribution in [2.75, 3.05) is 13.1 Å². The summed E-state index contributed by atoms with van der Waals surface area (Å²) in [5.74, 6) is 0.505. The van der Waals surface area contributed by atoms with Crippen molar-refractivity contribution in [1.29, 1.82) is 0 Å². The van der Waals surface area contributed by atoms with Gasteiger partial charge in [-0.25, -0.2) is 13.1 Å². The van der Waals surface area contributed by atoms with E-state index in [9.17, 15) is 8.42 Å². The molecule has 5 heteroatoms. The van der Waals surface area contributed by atoms with E-state index in [0.717, 1.165) is 30.5 Å². The first-order chi connectivity index (χ1) is 10.0. The average molecular weight is 310 g/mol. The minimum Gasteiger partial charge on any atom is -0.313 e. The maximum atomic E-state index is 12.5. The summed E-state index contributed by atoms with van der Waals surface area (Å²) in [5.41, 5.74) is 1.89. The van der Waals surface area contributed by atoms with Gasteiger partial charge >= 0.3 is 0 Å². The first kappa shape index (κ1) is 16.5. The van der Waals surface area contributed by atoms with E-state index in [2.05, 4.69) is 10.0 Å². The normalized spacial score (nSPS) is 16.5. The Morgan fingerprint density at radius 3 is 2.62 bits per heavy atom. The zero-order valence-corrected chi connectivity index (χ0v) is 13.8. The van der Waals surface area contributed by atoms with Gasteiger partial charge in [-0.1, -0.05) is 31.9 Å². The van der Waals surface area contributed by atoms with Gasteiger partial charge in [0.1, 0.15) is 0 Å². The molecule has 0 aromatic heterocycles. The lowest BCUT2D eigenvalue weighted by Crippen LogP contribution is -2.29. The van der Waals surface area contributed by atoms with Crippen molar-refractivity contribution in [2.45, 2.75) is 51.0 Å². The largest absolute Gasteiger partial charge is 0.313 e. The van der Waals surface area contributed by atoms with Gasteiger partial charge in [-0.15, -0.1) is 0 Å². The molecule has 1 aliphatic carbocycles. The Morgan fingerprint density at radius 1 is 1.24 bits per heavy atom. The Hall–Kier alpha value is -0.910. The molecule has 2 rings (SSSR count). The van der Waals surface area contributed by atoms with Gasteiger partial charge in [-0.3, -0.25) is 0 Å². The summed E-state index contributed by atoms with van der Waals surface area (Å²) in [6, 6.07) is 5.50. The molecule has 0 bridgehead atoms. The van der Waals surface area contributed by atoms with Crippen molar-refractivity contribution >= 4 is 10.0 Å². The SMILES string of the molecule is CCNCc1cccc(S(=O)(=O)NCC2CCCC2)c1C. The molecule has 0 heterocycles.